The molecule has 0 saturated carbocycles. The highest BCUT2D eigenvalue weighted by Crippen LogP contribution is 2.18. The second-order valence-corrected chi connectivity index (χ2v) is 7.01. The molecule has 136 valence electrons. The van der Waals surface area contributed by atoms with Crippen molar-refractivity contribution in [3.8, 4) is 0 Å². The molecule has 1 unspecified atom stereocenters. The fourth-order valence-corrected chi connectivity index (χ4v) is 3.60. The number of benzene rings is 1. The van der Waals surface area contributed by atoms with Crippen molar-refractivity contribution >= 4 is 10.9 Å². The second kappa shape index (κ2) is 8.50. The molecule has 25 heavy (non-hydrogen) atoms. The fraction of sp³-hybridized carbons (Fsp3) is 0.550. The van der Waals surface area contributed by atoms with E-state index in [2.05, 4.69) is 57.0 Å². The number of hydrogen-bond donors (Lipinski definition) is 2. The monoisotopic (exact) mass is 341 g/mol. The zero-order valence-electron chi connectivity index (χ0n) is 15.6. The SMILES string of the molecule is C=C(C(Cc1ccc2[nH]ncc2c1)NC)N1CCN(CCCC)CC1. The molecule has 3 rings (SSSR count). The third kappa shape index (κ3) is 4.41. The molecule has 5 nitrogen and oxygen atoms in total. The molecule has 0 bridgehead atoms. The largest absolute Gasteiger partial charge is 0.371 e. The van der Waals surface area contributed by atoms with Crippen LogP contribution in [-0.4, -0.2) is 65.8 Å². The van der Waals surface area contributed by atoms with Crippen molar-refractivity contribution in [1.29, 1.82) is 0 Å². The number of aromatic amines is 1. The van der Waals surface area contributed by atoms with Gasteiger partial charge in [-0.15, -0.1) is 0 Å². The summed E-state index contributed by atoms with van der Waals surface area (Å²) in [5.74, 6) is 0. The van der Waals surface area contributed by atoms with E-state index >= 15 is 0 Å². The van der Waals surface area contributed by atoms with Crippen LogP contribution in [0.4, 0.5) is 0 Å². The average molecular weight is 342 g/mol. The van der Waals surface area contributed by atoms with Gasteiger partial charge in [-0.1, -0.05) is 26.0 Å². The van der Waals surface area contributed by atoms with E-state index in [0.717, 1.165) is 38.1 Å². The summed E-state index contributed by atoms with van der Waals surface area (Å²) in [5.41, 5.74) is 3.62. The lowest BCUT2D eigenvalue weighted by Crippen LogP contribution is -2.49. The molecule has 2 heterocycles. The molecule has 0 spiro atoms. The first-order valence-corrected chi connectivity index (χ1v) is 9.46. The van der Waals surface area contributed by atoms with Crippen LogP contribution in [0.1, 0.15) is 25.3 Å². The van der Waals surface area contributed by atoms with Gasteiger partial charge in [-0.3, -0.25) is 10.00 Å². The lowest BCUT2D eigenvalue weighted by Gasteiger charge is -2.39. The number of H-pyrrole nitrogens is 1. The van der Waals surface area contributed by atoms with Crippen molar-refractivity contribution in [2.45, 2.75) is 32.2 Å². The van der Waals surface area contributed by atoms with Crippen molar-refractivity contribution in [1.82, 2.24) is 25.3 Å². The van der Waals surface area contributed by atoms with Gasteiger partial charge in [0.25, 0.3) is 0 Å². The quantitative estimate of drug-likeness (QED) is 0.775. The first-order chi connectivity index (χ1) is 12.2. The third-order valence-electron chi connectivity index (χ3n) is 5.30. The Bertz CT molecular complexity index is 684. The molecule has 1 atom stereocenters. The minimum Gasteiger partial charge on any atom is -0.371 e. The number of nitrogens with zero attached hydrogens (tertiary/aromatic N) is 3. The minimum absolute atomic E-state index is 0.270. The van der Waals surface area contributed by atoms with Gasteiger partial charge in [0.05, 0.1) is 17.8 Å². The molecule has 1 saturated heterocycles. The average Bonchev–Trinajstić information content (AvgIpc) is 3.12. The highest BCUT2D eigenvalue weighted by Gasteiger charge is 2.22. The van der Waals surface area contributed by atoms with Crippen LogP contribution in [0.15, 0.2) is 36.7 Å². The van der Waals surface area contributed by atoms with Gasteiger partial charge in [-0.05, 0) is 44.1 Å². The van der Waals surface area contributed by atoms with Crippen LogP contribution < -0.4 is 5.32 Å². The van der Waals surface area contributed by atoms with Gasteiger partial charge in [0, 0.05) is 37.3 Å². The smallest absolute Gasteiger partial charge is 0.0650 e. The summed E-state index contributed by atoms with van der Waals surface area (Å²) in [6, 6.07) is 6.78. The number of fused-ring (bicyclic) bond motifs is 1. The Morgan fingerprint density at radius 2 is 2.12 bits per heavy atom. The second-order valence-electron chi connectivity index (χ2n) is 7.01. The molecule has 1 aromatic heterocycles. The molecule has 0 radical (unpaired) electrons. The molecular weight excluding hydrogens is 310 g/mol. The lowest BCUT2D eigenvalue weighted by atomic mass is 10.0. The van der Waals surface area contributed by atoms with Gasteiger partial charge in [0.15, 0.2) is 0 Å². The molecular formula is C20H31N5. The third-order valence-corrected chi connectivity index (χ3v) is 5.30. The Hall–Kier alpha value is -1.85. The number of unbranched alkanes of at least 4 members (excludes halogenated alkanes) is 1. The Morgan fingerprint density at radius 3 is 2.84 bits per heavy atom. The number of likely N-dealkylation sites (N-methyl/N-ethyl adjacent to an activating group) is 1. The van der Waals surface area contributed by atoms with Gasteiger partial charge in [-0.2, -0.15) is 5.10 Å². The maximum atomic E-state index is 4.41. The maximum absolute atomic E-state index is 4.41. The van der Waals surface area contributed by atoms with Crippen LogP contribution in [0.2, 0.25) is 0 Å². The molecule has 1 fully saturated rings. The van der Waals surface area contributed by atoms with Crippen molar-refractivity contribution in [2.75, 3.05) is 39.8 Å². The van der Waals surface area contributed by atoms with E-state index in [4.69, 9.17) is 0 Å². The van der Waals surface area contributed by atoms with Crippen molar-refractivity contribution in [2.24, 2.45) is 0 Å². The van der Waals surface area contributed by atoms with E-state index in [1.807, 2.05) is 13.2 Å². The van der Waals surface area contributed by atoms with Crippen LogP contribution in [0.5, 0.6) is 0 Å². The number of nitrogens with one attached hydrogen (secondary N) is 2. The molecule has 0 aliphatic carbocycles. The van der Waals surface area contributed by atoms with E-state index in [-0.39, 0.29) is 6.04 Å². The number of piperazine rings is 1. The summed E-state index contributed by atoms with van der Waals surface area (Å²) < 4.78 is 0. The fourth-order valence-electron chi connectivity index (χ4n) is 3.60. The normalized spacial score (nSPS) is 17.1. The van der Waals surface area contributed by atoms with Crippen LogP contribution in [0.3, 0.4) is 0 Å². The van der Waals surface area contributed by atoms with Gasteiger partial charge in [0.1, 0.15) is 0 Å². The van der Waals surface area contributed by atoms with Crippen LogP contribution in [0, 0.1) is 0 Å². The standard InChI is InChI=1S/C20H31N5/c1-4-5-8-24-9-11-25(12-10-24)16(2)20(21-3)14-17-6-7-19-18(13-17)15-22-23-19/h6-7,13,15,20-21H,2,4-5,8-12,14H2,1,3H3,(H,22,23). The van der Waals surface area contributed by atoms with E-state index < -0.39 is 0 Å². The van der Waals surface area contributed by atoms with E-state index in [1.54, 1.807) is 0 Å². The number of rotatable bonds is 8. The van der Waals surface area contributed by atoms with E-state index in [9.17, 15) is 0 Å². The van der Waals surface area contributed by atoms with Gasteiger partial charge < -0.3 is 10.2 Å². The topological polar surface area (TPSA) is 47.2 Å². The summed E-state index contributed by atoms with van der Waals surface area (Å²) in [6.07, 6.45) is 5.41. The highest BCUT2D eigenvalue weighted by atomic mass is 15.3. The molecule has 1 aliphatic rings. The molecule has 5 heteroatoms. The Balaban J connectivity index is 1.58. The van der Waals surface area contributed by atoms with Gasteiger partial charge in [0.2, 0.25) is 0 Å². The van der Waals surface area contributed by atoms with Crippen LogP contribution in [0.25, 0.3) is 10.9 Å². The van der Waals surface area contributed by atoms with Crippen LogP contribution >= 0.6 is 0 Å². The number of aromatic nitrogens is 2. The molecule has 0 amide bonds. The molecule has 2 aromatic rings. The predicted octanol–water partition coefficient (Wildman–Crippen LogP) is 2.62. The van der Waals surface area contributed by atoms with Crippen molar-refractivity contribution in [3.05, 3.63) is 42.2 Å². The van der Waals surface area contributed by atoms with Gasteiger partial charge >= 0.3 is 0 Å². The first kappa shape index (κ1) is 18.0. The molecule has 1 aliphatic heterocycles. The number of hydrogen-bond acceptors (Lipinski definition) is 4. The Labute approximate surface area is 151 Å². The van der Waals surface area contributed by atoms with Crippen molar-refractivity contribution < 1.29 is 0 Å². The predicted molar refractivity (Wildman–Crippen MR) is 105 cm³/mol. The van der Waals surface area contributed by atoms with Crippen molar-refractivity contribution in [3.63, 3.8) is 0 Å². The van der Waals surface area contributed by atoms with E-state index in [0.29, 0.717) is 0 Å². The highest BCUT2D eigenvalue weighted by molar-refractivity contribution is 5.78. The minimum atomic E-state index is 0.270. The van der Waals surface area contributed by atoms with E-state index in [1.165, 1.54) is 36.0 Å². The summed E-state index contributed by atoms with van der Waals surface area (Å²) in [6.45, 7) is 12.4. The molecule has 1 aromatic carbocycles. The first-order valence-electron chi connectivity index (χ1n) is 9.46. The zero-order chi connectivity index (χ0) is 17.6. The summed E-state index contributed by atoms with van der Waals surface area (Å²) >= 11 is 0. The van der Waals surface area contributed by atoms with Crippen LogP contribution in [-0.2, 0) is 6.42 Å². The maximum Gasteiger partial charge on any atom is 0.0650 e. The summed E-state index contributed by atoms with van der Waals surface area (Å²) in [7, 11) is 2.03. The summed E-state index contributed by atoms with van der Waals surface area (Å²) in [4.78, 5) is 5.04. The Morgan fingerprint density at radius 1 is 1.32 bits per heavy atom. The molecule has 2 N–H and O–H groups in total. The Kier molecular flexibility index (Phi) is 6.10. The summed E-state index contributed by atoms with van der Waals surface area (Å²) in [5, 5.41) is 11.7. The van der Waals surface area contributed by atoms with Gasteiger partial charge in [-0.25, -0.2) is 0 Å². The lowest BCUT2D eigenvalue weighted by molar-refractivity contribution is 0.150. The zero-order valence-corrected chi connectivity index (χ0v) is 15.6.